The summed E-state index contributed by atoms with van der Waals surface area (Å²) in [6, 6.07) is -0.610. The van der Waals surface area contributed by atoms with E-state index in [9.17, 15) is 14.4 Å². The fourth-order valence-electron chi connectivity index (χ4n) is 1.16. The number of carbonyl (C=O) groups is 3. The van der Waals surface area contributed by atoms with Crippen LogP contribution in [0.1, 0.15) is 27.2 Å². The number of amides is 3. The summed E-state index contributed by atoms with van der Waals surface area (Å²) in [5.41, 5.74) is -1.21. The van der Waals surface area contributed by atoms with Gasteiger partial charge in [0.1, 0.15) is 0 Å². The van der Waals surface area contributed by atoms with Crippen LogP contribution in [0.5, 0.6) is 0 Å². The number of nitrogens with one attached hydrogen (secondary N) is 1. The topological polar surface area (TPSA) is 86.7 Å². The van der Waals surface area contributed by atoms with Crippen molar-refractivity contribution >= 4 is 17.9 Å². The Bertz CT molecular complexity index is 382. The van der Waals surface area contributed by atoms with E-state index >= 15 is 0 Å². The van der Waals surface area contributed by atoms with Gasteiger partial charge in [0.2, 0.25) is 5.91 Å². The third-order valence-electron chi connectivity index (χ3n) is 2.38. The van der Waals surface area contributed by atoms with E-state index in [0.717, 1.165) is 0 Å². The molecule has 0 aliphatic rings. The maximum atomic E-state index is 11.6. The summed E-state index contributed by atoms with van der Waals surface area (Å²) in [6.07, 6.45) is 4.80. The minimum Gasteiger partial charge on any atom is -0.481 e. The van der Waals surface area contributed by atoms with E-state index in [1.54, 1.807) is 6.92 Å². The predicted octanol–water partition coefficient (Wildman–Crippen LogP) is 0.679. The molecule has 3 amide bonds. The standard InChI is InChI=1S/C12H18N2O4/c1-5-7-14(6-2)11(18)13-9(15)8-12(3,4)10(16)17/h1H,6-8H2,2-4H3,(H,16,17)(H,13,15,18). The molecule has 0 aromatic rings. The zero-order chi connectivity index (χ0) is 14.3. The van der Waals surface area contributed by atoms with Gasteiger partial charge in [-0.2, -0.15) is 0 Å². The number of carboxylic acids is 1. The van der Waals surface area contributed by atoms with Crippen LogP contribution in [0.3, 0.4) is 0 Å². The van der Waals surface area contributed by atoms with E-state index in [0.29, 0.717) is 6.54 Å². The van der Waals surface area contributed by atoms with Gasteiger partial charge in [-0.25, -0.2) is 4.79 Å². The number of nitrogens with zero attached hydrogens (tertiary/aromatic N) is 1. The molecule has 0 aliphatic carbocycles. The summed E-state index contributed by atoms with van der Waals surface area (Å²) in [5, 5.41) is 11.0. The van der Waals surface area contributed by atoms with Gasteiger partial charge in [0.05, 0.1) is 12.0 Å². The van der Waals surface area contributed by atoms with E-state index in [1.165, 1.54) is 18.7 Å². The average molecular weight is 254 g/mol. The van der Waals surface area contributed by atoms with Crippen LogP contribution in [-0.2, 0) is 9.59 Å². The molecule has 0 saturated heterocycles. The summed E-state index contributed by atoms with van der Waals surface area (Å²) in [5.74, 6) is 0.567. The van der Waals surface area contributed by atoms with Crippen molar-refractivity contribution in [1.82, 2.24) is 10.2 Å². The van der Waals surface area contributed by atoms with Gasteiger partial charge >= 0.3 is 12.0 Å². The molecule has 18 heavy (non-hydrogen) atoms. The summed E-state index contributed by atoms with van der Waals surface area (Å²) in [6.45, 7) is 5.02. The SMILES string of the molecule is C#CCN(CC)C(=O)NC(=O)CC(C)(C)C(=O)O. The number of terminal acetylenes is 1. The zero-order valence-corrected chi connectivity index (χ0v) is 10.8. The lowest BCUT2D eigenvalue weighted by Crippen LogP contribution is -2.44. The molecule has 0 bridgehead atoms. The fourth-order valence-corrected chi connectivity index (χ4v) is 1.16. The second-order valence-corrected chi connectivity index (χ2v) is 4.44. The van der Waals surface area contributed by atoms with Gasteiger partial charge in [0, 0.05) is 13.0 Å². The Balaban J connectivity index is 4.46. The lowest BCUT2D eigenvalue weighted by molar-refractivity contribution is -0.149. The average Bonchev–Trinajstić information content (AvgIpc) is 2.24. The van der Waals surface area contributed by atoms with Gasteiger partial charge in [-0.3, -0.25) is 14.9 Å². The molecule has 0 radical (unpaired) electrons. The third-order valence-corrected chi connectivity index (χ3v) is 2.38. The Morgan fingerprint density at radius 3 is 2.33 bits per heavy atom. The number of hydrogen-bond donors (Lipinski definition) is 2. The highest BCUT2D eigenvalue weighted by atomic mass is 16.4. The Morgan fingerprint density at radius 2 is 1.94 bits per heavy atom. The number of carbonyl (C=O) groups excluding carboxylic acids is 2. The highest BCUT2D eigenvalue weighted by Gasteiger charge is 2.31. The smallest absolute Gasteiger partial charge is 0.324 e. The van der Waals surface area contributed by atoms with Crippen molar-refractivity contribution in [3.63, 3.8) is 0 Å². The first kappa shape index (κ1) is 16.0. The Labute approximate surface area is 106 Å². The van der Waals surface area contributed by atoms with Crippen LogP contribution in [0.4, 0.5) is 4.79 Å². The van der Waals surface area contributed by atoms with Gasteiger partial charge in [0.25, 0.3) is 0 Å². The number of carboxylic acid groups (broad SMARTS) is 1. The molecule has 6 heteroatoms. The normalized spacial score (nSPS) is 10.3. The largest absolute Gasteiger partial charge is 0.481 e. The number of hydrogen-bond acceptors (Lipinski definition) is 3. The van der Waals surface area contributed by atoms with Crippen molar-refractivity contribution in [2.75, 3.05) is 13.1 Å². The maximum Gasteiger partial charge on any atom is 0.324 e. The molecule has 0 unspecified atom stereocenters. The van der Waals surface area contributed by atoms with Gasteiger partial charge in [-0.15, -0.1) is 6.42 Å². The summed E-state index contributed by atoms with van der Waals surface area (Å²) in [7, 11) is 0. The molecule has 0 fully saturated rings. The molecular weight excluding hydrogens is 236 g/mol. The second-order valence-electron chi connectivity index (χ2n) is 4.44. The van der Waals surface area contributed by atoms with Gasteiger partial charge in [-0.1, -0.05) is 5.92 Å². The molecule has 2 N–H and O–H groups in total. The number of rotatable bonds is 5. The summed E-state index contributed by atoms with van der Waals surface area (Å²) >= 11 is 0. The molecule has 0 spiro atoms. The first-order chi connectivity index (χ1) is 8.24. The minimum absolute atomic E-state index is 0.0952. The predicted molar refractivity (Wildman–Crippen MR) is 65.7 cm³/mol. The molecule has 6 nitrogen and oxygen atoms in total. The van der Waals surface area contributed by atoms with Crippen LogP contribution in [0.15, 0.2) is 0 Å². The van der Waals surface area contributed by atoms with E-state index in [4.69, 9.17) is 11.5 Å². The molecule has 0 aromatic carbocycles. The second kappa shape index (κ2) is 6.64. The van der Waals surface area contributed by atoms with Crippen LogP contribution in [-0.4, -0.2) is 41.0 Å². The quantitative estimate of drug-likeness (QED) is 0.706. The van der Waals surface area contributed by atoms with Gasteiger partial charge in [-0.05, 0) is 20.8 Å². The van der Waals surface area contributed by atoms with Crippen molar-refractivity contribution in [3.05, 3.63) is 0 Å². The van der Waals surface area contributed by atoms with Crippen LogP contribution < -0.4 is 5.32 Å². The monoisotopic (exact) mass is 254 g/mol. The number of urea groups is 1. The number of aliphatic carboxylic acids is 1. The van der Waals surface area contributed by atoms with E-state index in [1.807, 2.05) is 0 Å². The molecule has 0 saturated carbocycles. The van der Waals surface area contributed by atoms with Crippen LogP contribution in [0, 0.1) is 17.8 Å². The van der Waals surface area contributed by atoms with Crippen molar-refractivity contribution in [2.45, 2.75) is 27.2 Å². The minimum atomic E-state index is -1.21. The van der Waals surface area contributed by atoms with Crippen LogP contribution in [0.2, 0.25) is 0 Å². The summed E-state index contributed by atoms with van der Waals surface area (Å²) < 4.78 is 0. The lowest BCUT2D eigenvalue weighted by Gasteiger charge is -2.21. The first-order valence-electron chi connectivity index (χ1n) is 5.50. The third kappa shape index (κ3) is 4.87. The van der Waals surface area contributed by atoms with Crippen molar-refractivity contribution < 1.29 is 19.5 Å². The van der Waals surface area contributed by atoms with E-state index in [-0.39, 0.29) is 13.0 Å². The van der Waals surface area contributed by atoms with Gasteiger partial charge in [0.15, 0.2) is 0 Å². The fraction of sp³-hybridized carbons (Fsp3) is 0.583. The molecule has 0 aliphatic heterocycles. The van der Waals surface area contributed by atoms with Crippen molar-refractivity contribution in [1.29, 1.82) is 0 Å². The molecule has 0 rings (SSSR count). The Morgan fingerprint density at radius 1 is 1.39 bits per heavy atom. The number of imide groups is 1. The van der Waals surface area contributed by atoms with Crippen LogP contribution in [0.25, 0.3) is 0 Å². The molecule has 0 aromatic heterocycles. The lowest BCUT2D eigenvalue weighted by atomic mass is 9.89. The summed E-state index contributed by atoms with van der Waals surface area (Å²) in [4.78, 5) is 35.2. The highest BCUT2D eigenvalue weighted by molar-refractivity contribution is 5.96. The first-order valence-corrected chi connectivity index (χ1v) is 5.50. The maximum absolute atomic E-state index is 11.6. The van der Waals surface area contributed by atoms with Crippen LogP contribution >= 0.6 is 0 Å². The molecule has 0 heterocycles. The molecule has 0 atom stereocenters. The van der Waals surface area contributed by atoms with Crippen molar-refractivity contribution in [2.24, 2.45) is 5.41 Å². The highest BCUT2D eigenvalue weighted by Crippen LogP contribution is 2.19. The Hall–Kier alpha value is -2.03. The van der Waals surface area contributed by atoms with E-state index in [2.05, 4.69) is 11.2 Å². The zero-order valence-electron chi connectivity index (χ0n) is 10.8. The Kier molecular flexibility index (Phi) is 5.89. The van der Waals surface area contributed by atoms with E-state index < -0.39 is 23.3 Å². The van der Waals surface area contributed by atoms with Crippen molar-refractivity contribution in [3.8, 4) is 12.3 Å². The molecule has 100 valence electrons. The van der Waals surface area contributed by atoms with Gasteiger partial charge < -0.3 is 10.0 Å². The molecular formula is C12H18N2O4.